The van der Waals surface area contributed by atoms with Crippen LogP contribution in [0.15, 0.2) is 48.5 Å². The first kappa shape index (κ1) is 19.4. The third-order valence-electron chi connectivity index (χ3n) is 5.62. The second kappa shape index (κ2) is 7.83. The Kier molecular flexibility index (Phi) is 5.24. The van der Waals surface area contributed by atoms with Crippen molar-refractivity contribution in [1.29, 1.82) is 0 Å². The molecule has 0 aliphatic carbocycles. The Morgan fingerprint density at radius 1 is 1.17 bits per heavy atom. The topological polar surface area (TPSA) is 70.7 Å². The third-order valence-corrected chi connectivity index (χ3v) is 5.62. The summed E-state index contributed by atoms with van der Waals surface area (Å²) in [5, 5.41) is 5.99. The fraction of sp³-hybridized carbons (Fsp3) is 0.364. The zero-order chi connectivity index (χ0) is 20.4. The lowest BCUT2D eigenvalue weighted by molar-refractivity contribution is -0.121. The summed E-state index contributed by atoms with van der Waals surface area (Å²) < 4.78 is 19.1. The van der Waals surface area contributed by atoms with Crippen molar-refractivity contribution in [3.05, 3.63) is 59.9 Å². The number of carbonyl (C=O) groups is 2. The van der Waals surface area contributed by atoms with Gasteiger partial charge in [0.25, 0.3) is 5.91 Å². The highest BCUT2D eigenvalue weighted by Gasteiger charge is 2.48. The van der Waals surface area contributed by atoms with Gasteiger partial charge in [0.15, 0.2) is 11.6 Å². The molecule has 0 saturated carbocycles. The van der Waals surface area contributed by atoms with E-state index < -0.39 is 5.54 Å². The van der Waals surface area contributed by atoms with Gasteiger partial charge >= 0.3 is 0 Å². The van der Waals surface area contributed by atoms with Gasteiger partial charge in [-0.05, 0) is 37.6 Å². The number of rotatable bonds is 5. The van der Waals surface area contributed by atoms with Crippen molar-refractivity contribution in [2.24, 2.45) is 5.92 Å². The van der Waals surface area contributed by atoms with Gasteiger partial charge in [0.1, 0.15) is 0 Å². The fourth-order valence-corrected chi connectivity index (χ4v) is 4.14. The summed E-state index contributed by atoms with van der Waals surface area (Å²) in [6.45, 7) is 4.10. The SMILES string of the molecule is C[C@]12CN(CCCOc3ccccc3F)C[C@H]1C(=O)Nc1ccccc1C(=O)N2. The molecule has 2 aromatic carbocycles. The van der Waals surface area contributed by atoms with Gasteiger partial charge in [0.05, 0.1) is 29.3 Å². The molecule has 2 amide bonds. The maximum absolute atomic E-state index is 13.6. The molecule has 2 aromatic rings. The maximum atomic E-state index is 13.6. The molecule has 1 fully saturated rings. The number of halogens is 1. The van der Waals surface area contributed by atoms with E-state index in [1.54, 1.807) is 42.5 Å². The molecule has 152 valence electrons. The molecular formula is C22H24FN3O3. The number of carbonyl (C=O) groups excluding carboxylic acids is 2. The summed E-state index contributed by atoms with van der Waals surface area (Å²) in [4.78, 5) is 27.7. The summed E-state index contributed by atoms with van der Waals surface area (Å²) in [6, 6.07) is 13.3. The summed E-state index contributed by atoms with van der Waals surface area (Å²) in [5.41, 5.74) is 0.354. The van der Waals surface area contributed by atoms with E-state index in [1.165, 1.54) is 6.07 Å². The summed E-state index contributed by atoms with van der Waals surface area (Å²) >= 11 is 0. The Bertz CT molecular complexity index is 935. The minimum Gasteiger partial charge on any atom is -0.490 e. The largest absolute Gasteiger partial charge is 0.490 e. The predicted molar refractivity (Wildman–Crippen MR) is 107 cm³/mol. The minimum absolute atomic E-state index is 0.0925. The Morgan fingerprint density at radius 3 is 2.76 bits per heavy atom. The van der Waals surface area contributed by atoms with Crippen LogP contribution in [0, 0.1) is 11.7 Å². The predicted octanol–water partition coefficient (Wildman–Crippen LogP) is 2.67. The Balaban J connectivity index is 1.39. The molecule has 2 aliphatic heterocycles. The number of hydrogen-bond acceptors (Lipinski definition) is 4. The van der Waals surface area contributed by atoms with Crippen LogP contribution in [0.2, 0.25) is 0 Å². The van der Waals surface area contributed by atoms with Crippen molar-refractivity contribution >= 4 is 17.5 Å². The number of amides is 2. The Morgan fingerprint density at radius 2 is 1.93 bits per heavy atom. The van der Waals surface area contributed by atoms with E-state index in [4.69, 9.17) is 4.74 Å². The highest BCUT2D eigenvalue weighted by molar-refractivity contribution is 6.06. The lowest BCUT2D eigenvalue weighted by atomic mass is 9.86. The summed E-state index contributed by atoms with van der Waals surface area (Å²) in [6.07, 6.45) is 0.687. The number of benzene rings is 2. The number of anilines is 1. The van der Waals surface area contributed by atoms with Crippen LogP contribution < -0.4 is 15.4 Å². The number of nitrogens with one attached hydrogen (secondary N) is 2. The van der Waals surface area contributed by atoms with E-state index >= 15 is 0 Å². The van der Waals surface area contributed by atoms with E-state index in [9.17, 15) is 14.0 Å². The van der Waals surface area contributed by atoms with Gasteiger partial charge in [-0.2, -0.15) is 0 Å². The van der Waals surface area contributed by atoms with Gasteiger partial charge in [-0.3, -0.25) is 14.5 Å². The molecule has 2 atom stereocenters. The molecule has 1 saturated heterocycles. The lowest BCUT2D eigenvalue weighted by Crippen LogP contribution is -2.56. The molecule has 29 heavy (non-hydrogen) atoms. The van der Waals surface area contributed by atoms with Crippen molar-refractivity contribution < 1.29 is 18.7 Å². The average molecular weight is 397 g/mol. The molecule has 4 rings (SSSR count). The normalized spacial score (nSPS) is 24.0. The number of para-hydroxylation sites is 2. The van der Waals surface area contributed by atoms with E-state index in [0.717, 1.165) is 0 Å². The van der Waals surface area contributed by atoms with Crippen LogP contribution in [-0.4, -0.2) is 48.5 Å². The lowest BCUT2D eigenvalue weighted by Gasteiger charge is -2.33. The Hall–Kier alpha value is -2.93. The van der Waals surface area contributed by atoms with Gasteiger partial charge in [-0.1, -0.05) is 24.3 Å². The molecule has 0 radical (unpaired) electrons. The number of likely N-dealkylation sites (tertiary alicyclic amines) is 1. The second-order valence-corrected chi connectivity index (χ2v) is 7.83. The third kappa shape index (κ3) is 3.96. The Labute approximate surface area is 169 Å². The van der Waals surface area contributed by atoms with Crippen molar-refractivity contribution in [3.8, 4) is 5.75 Å². The quantitative estimate of drug-likeness (QED) is 0.761. The molecule has 0 spiro atoms. The summed E-state index contributed by atoms with van der Waals surface area (Å²) in [5.74, 6) is -0.763. The average Bonchev–Trinajstić information content (AvgIpc) is 3.02. The van der Waals surface area contributed by atoms with Gasteiger partial charge in [-0.25, -0.2) is 4.39 Å². The maximum Gasteiger partial charge on any atom is 0.253 e. The van der Waals surface area contributed by atoms with Crippen LogP contribution in [0.5, 0.6) is 5.75 Å². The molecule has 0 unspecified atom stereocenters. The zero-order valence-corrected chi connectivity index (χ0v) is 16.3. The molecule has 0 bridgehead atoms. The highest BCUT2D eigenvalue weighted by Crippen LogP contribution is 2.32. The first-order valence-electron chi connectivity index (χ1n) is 9.78. The molecule has 2 N–H and O–H groups in total. The number of nitrogens with zero attached hydrogens (tertiary/aromatic N) is 1. The first-order chi connectivity index (χ1) is 14.0. The van der Waals surface area contributed by atoms with E-state index in [-0.39, 0.29) is 29.3 Å². The van der Waals surface area contributed by atoms with Crippen molar-refractivity contribution in [2.75, 3.05) is 31.6 Å². The standard InChI is InChI=1S/C22H24FN3O3/c1-22-14-26(11-6-12-29-19-10-5-3-8-17(19)23)13-16(22)21(28)24-18-9-4-2-7-15(18)20(27)25-22/h2-5,7-10,16H,6,11-14H2,1H3,(H,24,28)(H,25,27)/t16-,22-/m0/s1. The van der Waals surface area contributed by atoms with Crippen LogP contribution in [0.4, 0.5) is 10.1 Å². The second-order valence-electron chi connectivity index (χ2n) is 7.83. The minimum atomic E-state index is -0.652. The van der Waals surface area contributed by atoms with Crippen LogP contribution in [-0.2, 0) is 4.79 Å². The van der Waals surface area contributed by atoms with Crippen LogP contribution in [0.1, 0.15) is 23.7 Å². The van der Waals surface area contributed by atoms with E-state index in [2.05, 4.69) is 15.5 Å². The van der Waals surface area contributed by atoms with Crippen molar-refractivity contribution in [2.45, 2.75) is 18.9 Å². The van der Waals surface area contributed by atoms with Crippen LogP contribution in [0.3, 0.4) is 0 Å². The smallest absolute Gasteiger partial charge is 0.253 e. The van der Waals surface area contributed by atoms with Crippen LogP contribution >= 0.6 is 0 Å². The molecule has 7 heteroatoms. The number of hydrogen-bond donors (Lipinski definition) is 2. The van der Waals surface area contributed by atoms with Gasteiger partial charge in [-0.15, -0.1) is 0 Å². The molecule has 2 heterocycles. The van der Waals surface area contributed by atoms with E-state index in [0.29, 0.717) is 43.9 Å². The van der Waals surface area contributed by atoms with Gasteiger partial charge < -0.3 is 15.4 Å². The molecular weight excluding hydrogens is 373 g/mol. The monoisotopic (exact) mass is 397 g/mol. The summed E-state index contributed by atoms with van der Waals surface area (Å²) in [7, 11) is 0. The molecule has 0 aromatic heterocycles. The van der Waals surface area contributed by atoms with E-state index in [1.807, 2.05) is 6.92 Å². The van der Waals surface area contributed by atoms with Crippen LogP contribution in [0.25, 0.3) is 0 Å². The van der Waals surface area contributed by atoms with Crippen molar-refractivity contribution in [3.63, 3.8) is 0 Å². The van der Waals surface area contributed by atoms with Gasteiger partial charge in [0, 0.05) is 19.6 Å². The van der Waals surface area contributed by atoms with Gasteiger partial charge in [0.2, 0.25) is 5.91 Å². The number of fused-ring (bicyclic) bond motifs is 2. The zero-order valence-electron chi connectivity index (χ0n) is 16.3. The fourth-order valence-electron chi connectivity index (χ4n) is 4.14. The number of ether oxygens (including phenoxy) is 1. The van der Waals surface area contributed by atoms with Crippen molar-refractivity contribution in [1.82, 2.24) is 10.2 Å². The molecule has 6 nitrogen and oxygen atoms in total. The molecule has 2 aliphatic rings. The highest BCUT2D eigenvalue weighted by atomic mass is 19.1. The first-order valence-corrected chi connectivity index (χ1v) is 9.78.